The van der Waals surface area contributed by atoms with E-state index in [1.54, 1.807) is 0 Å². The third-order valence-corrected chi connectivity index (χ3v) is 7.73. The first-order valence-corrected chi connectivity index (χ1v) is 10.6. The van der Waals surface area contributed by atoms with Crippen LogP contribution in [0.15, 0.2) is 30.4 Å². The minimum atomic E-state index is -0.273. The molecule has 1 aromatic rings. The molecule has 5 nitrogen and oxygen atoms in total. The van der Waals surface area contributed by atoms with Crippen molar-refractivity contribution in [2.45, 2.75) is 32.1 Å². The van der Waals surface area contributed by atoms with Crippen LogP contribution in [0.5, 0.6) is 0 Å². The third-order valence-electron chi connectivity index (χ3n) is 7.73. The number of anilines is 1. The summed E-state index contributed by atoms with van der Waals surface area (Å²) in [4.78, 5) is 40.0. The van der Waals surface area contributed by atoms with Gasteiger partial charge in [-0.3, -0.25) is 19.3 Å². The van der Waals surface area contributed by atoms with E-state index in [1.807, 2.05) is 12.1 Å². The number of amides is 3. The van der Waals surface area contributed by atoms with Crippen molar-refractivity contribution in [3.05, 3.63) is 41.5 Å². The molecule has 5 aliphatic carbocycles. The van der Waals surface area contributed by atoms with Crippen LogP contribution >= 0.6 is 0 Å². The fraction of sp³-hybridized carbons (Fsp3) is 0.522. The zero-order valence-corrected chi connectivity index (χ0v) is 15.8. The highest BCUT2D eigenvalue weighted by atomic mass is 16.2. The van der Waals surface area contributed by atoms with Crippen molar-refractivity contribution in [1.29, 1.82) is 0 Å². The average molecular weight is 376 g/mol. The number of carbonyl (C=O) groups excluding carboxylic acids is 3. The molecule has 1 heterocycles. The topological polar surface area (TPSA) is 66.5 Å². The van der Waals surface area contributed by atoms with Gasteiger partial charge in [0.25, 0.3) is 0 Å². The number of aryl methyl sites for hydroxylation is 1. The van der Waals surface area contributed by atoms with Crippen LogP contribution in [-0.4, -0.2) is 29.2 Å². The number of fused-ring (bicyclic) bond motifs is 1. The lowest BCUT2D eigenvalue weighted by Gasteiger charge is -2.37. The number of benzene rings is 1. The molecule has 7 rings (SSSR count). The Morgan fingerprint density at radius 2 is 1.68 bits per heavy atom. The molecule has 1 aromatic carbocycles. The molecule has 5 heteroatoms. The van der Waals surface area contributed by atoms with Gasteiger partial charge in [0.05, 0.1) is 11.8 Å². The first-order chi connectivity index (χ1) is 13.6. The van der Waals surface area contributed by atoms with Crippen LogP contribution < -0.4 is 5.32 Å². The van der Waals surface area contributed by atoms with Gasteiger partial charge in [-0.2, -0.15) is 0 Å². The van der Waals surface area contributed by atoms with Crippen molar-refractivity contribution in [3.8, 4) is 0 Å². The second kappa shape index (κ2) is 5.79. The summed E-state index contributed by atoms with van der Waals surface area (Å²) in [6, 6.07) is 6.01. The number of nitrogens with one attached hydrogen (secondary N) is 1. The van der Waals surface area contributed by atoms with Gasteiger partial charge in [-0.1, -0.05) is 24.3 Å². The fourth-order valence-corrected chi connectivity index (χ4v) is 6.41. The first-order valence-electron chi connectivity index (χ1n) is 10.6. The molecule has 0 aromatic heterocycles. The monoisotopic (exact) mass is 376 g/mol. The summed E-state index contributed by atoms with van der Waals surface area (Å²) in [5.74, 6) is 0.554. The Kier molecular flexibility index (Phi) is 3.41. The molecular formula is C23H24N2O3. The smallest absolute Gasteiger partial charge is 0.244 e. The van der Waals surface area contributed by atoms with Crippen LogP contribution in [0.4, 0.5) is 5.69 Å². The van der Waals surface area contributed by atoms with E-state index in [4.69, 9.17) is 0 Å². The largest absolute Gasteiger partial charge is 0.324 e. The lowest BCUT2D eigenvalue weighted by molar-refractivity contribution is -0.142. The van der Waals surface area contributed by atoms with Gasteiger partial charge in [-0.25, -0.2) is 0 Å². The van der Waals surface area contributed by atoms with Gasteiger partial charge in [0, 0.05) is 5.69 Å². The third kappa shape index (κ3) is 2.22. The number of hydrogen-bond donors (Lipinski definition) is 1. The van der Waals surface area contributed by atoms with Gasteiger partial charge in [-0.05, 0) is 73.0 Å². The maximum atomic E-state index is 13.0. The lowest BCUT2D eigenvalue weighted by Crippen LogP contribution is -2.40. The van der Waals surface area contributed by atoms with Crippen molar-refractivity contribution >= 4 is 23.4 Å². The minimum Gasteiger partial charge on any atom is -0.324 e. The molecule has 0 spiro atoms. The first kappa shape index (κ1) is 16.5. The van der Waals surface area contributed by atoms with E-state index >= 15 is 0 Å². The summed E-state index contributed by atoms with van der Waals surface area (Å²) in [5.41, 5.74) is 3.34. The van der Waals surface area contributed by atoms with Crippen LogP contribution in [0.3, 0.4) is 0 Å². The number of imide groups is 1. The molecule has 28 heavy (non-hydrogen) atoms. The number of likely N-dealkylation sites (tertiary alicyclic amines) is 1. The van der Waals surface area contributed by atoms with Gasteiger partial charge < -0.3 is 5.32 Å². The summed E-state index contributed by atoms with van der Waals surface area (Å²) in [6.45, 7) is -0.164. The lowest BCUT2D eigenvalue weighted by atomic mass is 9.63. The van der Waals surface area contributed by atoms with E-state index in [-0.39, 0.29) is 47.9 Å². The second-order valence-electron chi connectivity index (χ2n) is 9.12. The normalized spacial score (nSPS) is 36.8. The predicted molar refractivity (Wildman–Crippen MR) is 103 cm³/mol. The summed E-state index contributed by atoms with van der Waals surface area (Å²) in [6.07, 6.45) is 9.79. The van der Waals surface area contributed by atoms with Crippen LogP contribution in [-0.2, 0) is 27.2 Å². The van der Waals surface area contributed by atoms with Gasteiger partial charge >= 0.3 is 0 Å². The van der Waals surface area contributed by atoms with Crippen LogP contribution in [0.25, 0.3) is 0 Å². The Morgan fingerprint density at radius 3 is 2.39 bits per heavy atom. The summed E-state index contributed by atoms with van der Waals surface area (Å²) < 4.78 is 0. The molecule has 6 atom stereocenters. The van der Waals surface area contributed by atoms with Gasteiger partial charge in [-0.15, -0.1) is 0 Å². The number of allylic oxidation sites excluding steroid dienone is 2. The molecule has 1 saturated heterocycles. The van der Waals surface area contributed by atoms with Crippen molar-refractivity contribution in [2.75, 3.05) is 11.9 Å². The number of nitrogens with zero attached hydrogens (tertiary/aromatic N) is 1. The van der Waals surface area contributed by atoms with Crippen molar-refractivity contribution in [1.82, 2.24) is 4.90 Å². The van der Waals surface area contributed by atoms with Crippen molar-refractivity contribution in [2.24, 2.45) is 35.5 Å². The zero-order chi connectivity index (χ0) is 19.0. The van der Waals surface area contributed by atoms with Crippen LogP contribution in [0.2, 0.25) is 0 Å². The van der Waals surface area contributed by atoms with Crippen molar-refractivity contribution in [3.63, 3.8) is 0 Å². The van der Waals surface area contributed by atoms with Crippen molar-refractivity contribution < 1.29 is 14.4 Å². The summed E-state index contributed by atoms with van der Waals surface area (Å²) in [7, 11) is 0. The average Bonchev–Trinajstić information content (AvgIpc) is 3.49. The maximum Gasteiger partial charge on any atom is 0.244 e. The fourth-order valence-electron chi connectivity index (χ4n) is 6.41. The molecule has 1 N–H and O–H groups in total. The Morgan fingerprint density at radius 1 is 1.00 bits per heavy atom. The Labute approximate surface area is 164 Å². The van der Waals surface area contributed by atoms with E-state index in [2.05, 4.69) is 23.5 Å². The highest BCUT2D eigenvalue weighted by Crippen LogP contribution is 2.65. The molecule has 1 aliphatic heterocycles. The van der Waals surface area contributed by atoms with Gasteiger partial charge in [0.15, 0.2) is 0 Å². The van der Waals surface area contributed by atoms with Gasteiger partial charge in [0.1, 0.15) is 6.54 Å². The standard InChI is InChI=1S/C23H24N2O3/c26-19(24-18-7-3-5-12-4-1-2-6-13(12)18)11-25-22(27)20-14-8-9-15(17-10-16(14)17)21(20)23(25)28/h3,5,7-9,14-17,20-21H,1-2,4,6,10-11H2,(H,24,26)/t14-,15-,16-,17-,20+,21+/m1/s1. The maximum absolute atomic E-state index is 13.0. The molecule has 2 bridgehead atoms. The molecule has 3 amide bonds. The quantitative estimate of drug-likeness (QED) is 0.651. The zero-order valence-electron chi connectivity index (χ0n) is 15.8. The molecule has 0 unspecified atom stereocenters. The highest BCUT2D eigenvalue weighted by molar-refractivity contribution is 6.09. The van der Waals surface area contributed by atoms with E-state index in [0.717, 1.165) is 31.4 Å². The molecule has 3 fully saturated rings. The Balaban J connectivity index is 1.20. The van der Waals surface area contributed by atoms with E-state index in [0.29, 0.717) is 11.8 Å². The second-order valence-corrected chi connectivity index (χ2v) is 9.12. The molecule has 144 valence electrons. The van der Waals surface area contributed by atoms with E-state index in [1.165, 1.54) is 22.4 Å². The molecule has 6 aliphatic rings. The highest BCUT2D eigenvalue weighted by Gasteiger charge is 2.67. The van der Waals surface area contributed by atoms with Crippen LogP contribution in [0, 0.1) is 35.5 Å². The number of carbonyl (C=O) groups is 3. The molecule has 2 saturated carbocycles. The van der Waals surface area contributed by atoms with E-state index in [9.17, 15) is 14.4 Å². The molecular weight excluding hydrogens is 352 g/mol. The Bertz CT molecular complexity index is 900. The Hall–Kier alpha value is -2.43. The summed E-state index contributed by atoms with van der Waals surface area (Å²) >= 11 is 0. The van der Waals surface area contributed by atoms with Crippen LogP contribution in [0.1, 0.15) is 30.4 Å². The van der Waals surface area contributed by atoms with Gasteiger partial charge in [0.2, 0.25) is 17.7 Å². The molecule has 0 radical (unpaired) electrons. The summed E-state index contributed by atoms with van der Waals surface area (Å²) in [5, 5.41) is 2.97. The number of rotatable bonds is 3. The predicted octanol–water partition coefficient (Wildman–Crippen LogP) is 2.56. The number of hydrogen-bond acceptors (Lipinski definition) is 3. The SMILES string of the molecule is O=C(CN1C(=O)[C@H]2[C@@H]3C=C[C@H]([C@H]4C[C@H]34)[C@@H]2C1=O)Nc1cccc2c1CCCC2. The van der Waals surface area contributed by atoms with E-state index < -0.39 is 0 Å². The minimum absolute atomic E-state index is 0.134.